The second-order valence-corrected chi connectivity index (χ2v) is 7.18. The molecule has 0 fully saturated rings. The van der Waals surface area contributed by atoms with Gasteiger partial charge >= 0.3 is 0 Å². The third-order valence-corrected chi connectivity index (χ3v) is 4.78. The number of aromatic nitrogens is 2. The summed E-state index contributed by atoms with van der Waals surface area (Å²) < 4.78 is 1.91. The molecule has 0 atom stereocenters. The molecule has 0 aliphatic rings. The van der Waals surface area contributed by atoms with Crippen LogP contribution in [0.1, 0.15) is 34.0 Å². The van der Waals surface area contributed by atoms with E-state index in [1.54, 1.807) is 13.2 Å². The van der Waals surface area contributed by atoms with E-state index in [9.17, 15) is 4.79 Å². The molecule has 8 heteroatoms. The molecule has 0 radical (unpaired) electrons. The largest absolute Gasteiger partial charge is 0.357 e. The molecular formula is C24H31IN6O. The van der Waals surface area contributed by atoms with Crippen LogP contribution in [0.2, 0.25) is 0 Å². The lowest BCUT2D eigenvalue weighted by molar-refractivity contribution is 0.0963. The summed E-state index contributed by atoms with van der Waals surface area (Å²) in [7, 11) is 1.64. The molecule has 2 aromatic carbocycles. The average Bonchev–Trinajstić information content (AvgIpc) is 3.30. The molecule has 0 saturated heterocycles. The van der Waals surface area contributed by atoms with Gasteiger partial charge < -0.3 is 16.0 Å². The molecule has 0 unspecified atom stereocenters. The zero-order chi connectivity index (χ0) is 21.9. The number of aliphatic imine (C=N–C) groups is 1. The first-order chi connectivity index (χ1) is 15.2. The summed E-state index contributed by atoms with van der Waals surface area (Å²) in [6.07, 6.45) is 4.55. The molecule has 0 saturated carbocycles. The van der Waals surface area contributed by atoms with E-state index in [0.29, 0.717) is 12.1 Å². The highest BCUT2D eigenvalue weighted by atomic mass is 127. The number of guanidine groups is 1. The van der Waals surface area contributed by atoms with Crippen LogP contribution < -0.4 is 16.0 Å². The Morgan fingerprint density at radius 2 is 1.81 bits per heavy atom. The zero-order valence-corrected chi connectivity index (χ0v) is 20.9. The monoisotopic (exact) mass is 546 g/mol. The molecule has 3 N–H and O–H groups in total. The van der Waals surface area contributed by atoms with Gasteiger partial charge in [0.25, 0.3) is 5.91 Å². The smallest absolute Gasteiger partial charge is 0.251 e. The molecular weight excluding hydrogens is 515 g/mol. The molecule has 1 amide bonds. The minimum Gasteiger partial charge on any atom is -0.357 e. The molecule has 0 aliphatic carbocycles. The van der Waals surface area contributed by atoms with Crippen molar-refractivity contribution >= 4 is 35.8 Å². The average molecular weight is 546 g/mol. The van der Waals surface area contributed by atoms with Crippen LogP contribution in [0.5, 0.6) is 0 Å². The Labute approximate surface area is 206 Å². The first-order valence-corrected chi connectivity index (χ1v) is 10.6. The fourth-order valence-electron chi connectivity index (χ4n) is 3.26. The number of amides is 1. The quantitative estimate of drug-likeness (QED) is 0.219. The Balaban J connectivity index is 0.00000363. The number of carbonyl (C=O) groups is 1. The normalized spacial score (nSPS) is 10.9. The van der Waals surface area contributed by atoms with Crippen molar-refractivity contribution in [1.82, 2.24) is 25.7 Å². The summed E-state index contributed by atoms with van der Waals surface area (Å²) in [6, 6.07) is 18.0. The molecule has 0 bridgehead atoms. The number of nitrogens with one attached hydrogen (secondary N) is 3. The second-order valence-electron chi connectivity index (χ2n) is 7.18. The molecule has 3 rings (SSSR count). The topological polar surface area (TPSA) is 83.3 Å². The van der Waals surface area contributed by atoms with Gasteiger partial charge in [0.1, 0.15) is 0 Å². The Hall–Kier alpha value is -2.88. The molecule has 1 aromatic heterocycles. The van der Waals surface area contributed by atoms with Crippen LogP contribution in [-0.4, -0.2) is 41.8 Å². The maximum Gasteiger partial charge on any atom is 0.251 e. The molecule has 3 aromatic rings. The minimum atomic E-state index is -0.0699. The van der Waals surface area contributed by atoms with E-state index in [-0.39, 0.29) is 29.9 Å². The molecule has 170 valence electrons. The molecule has 32 heavy (non-hydrogen) atoms. The van der Waals surface area contributed by atoms with Crippen molar-refractivity contribution in [3.63, 3.8) is 0 Å². The van der Waals surface area contributed by atoms with Gasteiger partial charge in [-0.3, -0.25) is 9.48 Å². The summed E-state index contributed by atoms with van der Waals surface area (Å²) in [5.74, 6) is 0.710. The van der Waals surface area contributed by atoms with Gasteiger partial charge in [-0.15, -0.1) is 24.0 Å². The van der Waals surface area contributed by atoms with Crippen LogP contribution >= 0.6 is 24.0 Å². The van der Waals surface area contributed by atoms with Gasteiger partial charge in [-0.25, -0.2) is 4.99 Å². The van der Waals surface area contributed by atoms with Crippen LogP contribution in [0, 0.1) is 0 Å². The highest BCUT2D eigenvalue weighted by molar-refractivity contribution is 14.0. The predicted octanol–water partition coefficient (Wildman–Crippen LogP) is 3.21. The van der Waals surface area contributed by atoms with E-state index in [1.807, 2.05) is 41.2 Å². The van der Waals surface area contributed by atoms with Gasteiger partial charge in [0.2, 0.25) is 0 Å². The summed E-state index contributed by atoms with van der Waals surface area (Å²) in [5, 5.41) is 13.6. The molecule has 7 nitrogen and oxygen atoms in total. The van der Waals surface area contributed by atoms with E-state index >= 15 is 0 Å². The third kappa shape index (κ3) is 7.99. The fourth-order valence-corrected chi connectivity index (χ4v) is 3.26. The van der Waals surface area contributed by atoms with Gasteiger partial charge in [0.05, 0.1) is 13.1 Å². The number of halogens is 1. The predicted molar refractivity (Wildman–Crippen MR) is 140 cm³/mol. The Bertz CT molecular complexity index is 1000. The van der Waals surface area contributed by atoms with Crippen molar-refractivity contribution in [2.24, 2.45) is 4.99 Å². The van der Waals surface area contributed by atoms with Crippen LogP contribution in [-0.2, 0) is 19.5 Å². The Morgan fingerprint density at radius 3 is 2.56 bits per heavy atom. The maximum atomic E-state index is 11.8. The first kappa shape index (κ1) is 25.4. The van der Waals surface area contributed by atoms with Crippen LogP contribution in [0.15, 0.2) is 72.0 Å². The first-order valence-electron chi connectivity index (χ1n) is 10.6. The highest BCUT2D eigenvalue weighted by Crippen LogP contribution is 2.09. The second kappa shape index (κ2) is 13.5. The van der Waals surface area contributed by atoms with Crippen molar-refractivity contribution in [2.75, 3.05) is 20.1 Å². The van der Waals surface area contributed by atoms with Gasteiger partial charge in [-0.2, -0.15) is 5.10 Å². The fraction of sp³-hybridized carbons (Fsp3) is 0.292. The van der Waals surface area contributed by atoms with E-state index in [1.165, 1.54) is 5.56 Å². The van der Waals surface area contributed by atoms with E-state index in [2.05, 4.69) is 52.2 Å². The van der Waals surface area contributed by atoms with Crippen LogP contribution in [0.3, 0.4) is 0 Å². The summed E-state index contributed by atoms with van der Waals surface area (Å²) >= 11 is 0. The van der Waals surface area contributed by atoms with Gasteiger partial charge in [-0.05, 0) is 48.2 Å². The van der Waals surface area contributed by atoms with E-state index in [4.69, 9.17) is 4.99 Å². The van der Waals surface area contributed by atoms with Gasteiger partial charge in [-0.1, -0.05) is 36.4 Å². The SMILES string of the molecule is CCNC(=NCc1cccc(Cn2cccn2)c1)NCCc1cccc(C(=O)NC)c1.I. The van der Waals surface area contributed by atoms with Crippen LogP contribution in [0.4, 0.5) is 0 Å². The number of benzene rings is 2. The van der Waals surface area contributed by atoms with Crippen molar-refractivity contribution in [3.8, 4) is 0 Å². The number of nitrogens with zero attached hydrogens (tertiary/aromatic N) is 3. The van der Waals surface area contributed by atoms with Crippen molar-refractivity contribution < 1.29 is 4.79 Å². The third-order valence-electron chi connectivity index (χ3n) is 4.78. The minimum absolute atomic E-state index is 0. The van der Waals surface area contributed by atoms with Gasteiger partial charge in [0.15, 0.2) is 5.96 Å². The summed E-state index contributed by atoms with van der Waals surface area (Å²) in [5.41, 5.74) is 4.14. The number of carbonyl (C=O) groups excluding carboxylic acids is 1. The van der Waals surface area contributed by atoms with Crippen LogP contribution in [0.25, 0.3) is 0 Å². The van der Waals surface area contributed by atoms with Gasteiger partial charge in [0, 0.05) is 38.1 Å². The summed E-state index contributed by atoms with van der Waals surface area (Å²) in [4.78, 5) is 16.5. The van der Waals surface area contributed by atoms with Crippen molar-refractivity contribution in [3.05, 3.63) is 89.2 Å². The number of rotatable bonds is 9. The van der Waals surface area contributed by atoms with E-state index in [0.717, 1.165) is 43.1 Å². The lowest BCUT2D eigenvalue weighted by Gasteiger charge is -2.12. The summed E-state index contributed by atoms with van der Waals surface area (Å²) in [6.45, 7) is 4.90. The highest BCUT2D eigenvalue weighted by Gasteiger charge is 2.04. The van der Waals surface area contributed by atoms with Crippen molar-refractivity contribution in [2.45, 2.75) is 26.4 Å². The maximum absolute atomic E-state index is 11.8. The number of hydrogen-bond acceptors (Lipinski definition) is 3. The zero-order valence-electron chi connectivity index (χ0n) is 18.5. The van der Waals surface area contributed by atoms with E-state index < -0.39 is 0 Å². The van der Waals surface area contributed by atoms with Crippen molar-refractivity contribution in [1.29, 1.82) is 0 Å². The Morgan fingerprint density at radius 1 is 1.03 bits per heavy atom. The lowest BCUT2D eigenvalue weighted by Crippen LogP contribution is -2.38. The standard InChI is InChI=1S/C24H30N6O.HI/c1-3-26-24(27-13-11-19-7-5-10-22(16-19)23(31)25-2)28-17-20-8-4-9-21(15-20)18-30-14-6-12-29-30;/h4-10,12,14-16H,3,11,13,17-18H2,1-2H3,(H,25,31)(H2,26,27,28);1H. The lowest BCUT2D eigenvalue weighted by atomic mass is 10.1. The molecule has 1 heterocycles. The molecule has 0 aliphatic heterocycles. The number of hydrogen-bond donors (Lipinski definition) is 3. The molecule has 0 spiro atoms. The Kier molecular flexibility index (Phi) is 10.7.